The van der Waals surface area contributed by atoms with Crippen molar-refractivity contribution in [2.24, 2.45) is 0 Å². The molecule has 0 atom stereocenters. The molecule has 1 saturated heterocycles. The van der Waals surface area contributed by atoms with Gasteiger partial charge in [-0.2, -0.15) is 0 Å². The number of carbonyl (C=O) groups excluding carboxylic acids is 1. The molecular weight excluding hydrogens is 400 g/mol. The van der Waals surface area contributed by atoms with E-state index >= 15 is 0 Å². The summed E-state index contributed by atoms with van der Waals surface area (Å²) in [6, 6.07) is 11.7. The zero-order chi connectivity index (χ0) is 21.7. The summed E-state index contributed by atoms with van der Waals surface area (Å²) in [7, 11) is -0.860. The molecule has 30 heavy (non-hydrogen) atoms. The Labute approximate surface area is 179 Å². The lowest BCUT2D eigenvalue weighted by atomic mass is 10.0. The fourth-order valence-corrected chi connectivity index (χ4v) is 5.02. The molecule has 0 radical (unpaired) electrons. The van der Waals surface area contributed by atoms with E-state index in [-0.39, 0.29) is 10.8 Å². The van der Waals surface area contributed by atoms with Gasteiger partial charge in [0.2, 0.25) is 0 Å². The van der Waals surface area contributed by atoms with Crippen molar-refractivity contribution in [3.63, 3.8) is 0 Å². The summed E-state index contributed by atoms with van der Waals surface area (Å²) < 4.78 is 33.1. The molecule has 3 rings (SSSR count). The van der Waals surface area contributed by atoms with Gasteiger partial charge in [0.1, 0.15) is 5.75 Å². The van der Waals surface area contributed by atoms with Crippen molar-refractivity contribution in [1.29, 1.82) is 0 Å². The predicted molar refractivity (Wildman–Crippen MR) is 119 cm³/mol. The molecule has 2 aromatic carbocycles. The molecule has 1 heterocycles. The van der Waals surface area contributed by atoms with E-state index in [0.717, 1.165) is 44.3 Å². The number of hydrogen-bond donors (Lipinski definition) is 0. The molecule has 1 aliphatic heterocycles. The summed E-state index contributed by atoms with van der Waals surface area (Å²) in [6.45, 7) is 3.28. The first kappa shape index (κ1) is 22.2. The van der Waals surface area contributed by atoms with Gasteiger partial charge in [-0.3, -0.25) is 9.10 Å². The van der Waals surface area contributed by atoms with Crippen molar-refractivity contribution >= 4 is 21.6 Å². The van der Waals surface area contributed by atoms with Crippen LogP contribution in [0, 0.1) is 6.92 Å². The summed E-state index contributed by atoms with van der Waals surface area (Å²) in [5.41, 5.74) is 1.67. The molecule has 2 aromatic rings. The molecule has 0 bridgehead atoms. The Bertz CT molecular complexity index is 996. The number of para-hydroxylation sites is 2. The van der Waals surface area contributed by atoms with Crippen LogP contribution in [0.2, 0.25) is 0 Å². The van der Waals surface area contributed by atoms with Gasteiger partial charge in [0.15, 0.2) is 0 Å². The number of rotatable bonds is 5. The Morgan fingerprint density at radius 2 is 1.63 bits per heavy atom. The number of nitrogens with zero attached hydrogens (tertiary/aromatic N) is 2. The highest BCUT2D eigenvalue weighted by atomic mass is 32.2. The molecule has 1 amide bonds. The molecule has 162 valence electrons. The van der Waals surface area contributed by atoms with E-state index in [1.54, 1.807) is 36.4 Å². The summed E-state index contributed by atoms with van der Waals surface area (Å²) >= 11 is 0. The standard InChI is InChI=1S/C23H30N2O4S/c1-18-13-14-19(17-20(18)23(26)25-15-9-5-4-6-10-16-25)30(27,28)24(2)21-11-7-8-12-22(21)29-3/h7-8,11-14,17H,4-6,9-10,15-16H2,1-3H3. The summed E-state index contributed by atoms with van der Waals surface area (Å²) in [6.07, 6.45) is 5.43. The zero-order valence-corrected chi connectivity index (χ0v) is 18.7. The number of aryl methyl sites for hydroxylation is 1. The topological polar surface area (TPSA) is 66.9 Å². The fraction of sp³-hybridized carbons (Fsp3) is 0.435. The molecule has 0 aliphatic carbocycles. The van der Waals surface area contributed by atoms with Crippen LogP contribution >= 0.6 is 0 Å². The lowest BCUT2D eigenvalue weighted by molar-refractivity contribution is 0.0741. The lowest BCUT2D eigenvalue weighted by Gasteiger charge is -2.26. The first-order valence-electron chi connectivity index (χ1n) is 10.4. The Kier molecular flexibility index (Phi) is 7.02. The van der Waals surface area contributed by atoms with E-state index in [1.807, 2.05) is 11.8 Å². The van der Waals surface area contributed by atoms with Crippen LogP contribution in [0.1, 0.15) is 48.0 Å². The third-order valence-electron chi connectivity index (χ3n) is 5.67. The summed E-state index contributed by atoms with van der Waals surface area (Å²) in [5, 5.41) is 0. The van der Waals surface area contributed by atoms with Crippen LogP contribution in [0.5, 0.6) is 5.75 Å². The van der Waals surface area contributed by atoms with Gasteiger partial charge in [0.25, 0.3) is 15.9 Å². The Balaban J connectivity index is 1.94. The molecule has 0 N–H and O–H groups in total. The first-order chi connectivity index (χ1) is 14.4. The van der Waals surface area contributed by atoms with E-state index in [2.05, 4.69) is 0 Å². The van der Waals surface area contributed by atoms with Crippen LogP contribution in [0.15, 0.2) is 47.4 Å². The van der Waals surface area contributed by atoms with Gasteiger partial charge in [0.05, 0.1) is 17.7 Å². The Morgan fingerprint density at radius 1 is 1.00 bits per heavy atom. The molecule has 0 spiro atoms. The average molecular weight is 431 g/mol. The number of amides is 1. The molecule has 1 aliphatic rings. The highest BCUT2D eigenvalue weighted by Crippen LogP contribution is 2.31. The minimum absolute atomic E-state index is 0.0913. The van der Waals surface area contributed by atoms with Crippen LogP contribution in [0.25, 0.3) is 0 Å². The van der Waals surface area contributed by atoms with E-state index in [9.17, 15) is 13.2 Å². The number of methoxy groups -OCH3 is 1. The number of anilines is 1. The monoisotopic (exact) mass is 430 g/mol. The van der Waals surface area contributed by atoms with Gasteiger partial charge in [-0.1, -0.05) is 37.5 Å². The van der Waals surface area contributed by atoms with Gasteiger partial charge in [-0.25, -0.2) is 8.42 Å². The maximum Gasteiger partial charge on any atom is 0.264 e. The molecule has 0 unspecified atom stereocenters. The second kappa shape index (κ2) is 9.51. The number of carbonyl (C=O) groups is 1. The minimum atomic E-state index is -3.86. The maximum atomic E-state index is 13.3. The van der Waals surface area contributed by atoms with Crippen LogP contribution in [-0.2, 0) is 10.0 Å². The molecule has 7 heteroatoms. The lowest BCUT2D eigenvalue weighted by Crippen LogP contribution is -2.34. The molecule has 6 nitrogen and oxygen atoms in total. The van der Waals surface area contributed by atoms with Gasteiger partial charge < -0.3 is 9.64 Å². The van der Waals surface area contributed by atoms with Crippen molar-refractivity contribution in [3.05, 3.63) is 53.6 Å². The van der Waals surface area contributed by atoms with Crippen molar-refractivity contribution in [1.82, 2.24) is 4.90 Å². The van der Waals surface area contributed by atoms with Gasteiger partial charge in [-0.15, -0.1) is 0 Å². The van der Waals surface area contributed by atoms with E-state index in [0.29, 0.717) is 17.0 Å². The Hall–Kier alpha value is -2.54. The fourth-order valence-electron chi connectivity index (χ4n) is 3.79. The predicted octanol–water partition coefficient (Wildman–Crippen LogP) is 4.24. The summed E-state index contributed by atoms with van der Waals surface area (Å²) in [4.78, 5) is 15.2. The third kappa shape index (κ3) is 4.61. The minimum Gasteiger partial charge on any atom is -0.495 e. The molecule has 0 aromatic heterocycles. The third-order valence-corrected chi connectivity index (χ3v) is 7.43. The quantitative estimate of drug-likeness (QED) is 0.712. The second-order valence-corrected chi connectivity index (χ2v) is 9.65. The van der Waals surface area contributed by atoms with Crippen LogP contribution < -0.4 is 9.04 Å². The van der Waals surface area contributed by atoms with Crippen LogP contribution in [-0.4, -0.2) is 46.5 Å². The summed E-state index contributed by atoms with van der Waals surface area (Å²) in [5.74, 6) is 0.374. The van der Waals surface area contributed by atoms with Crippen molar-refractivity contribution < 1.29 is 17.9 Å². The zero-order valence-electron chi connectivity index (χ0n) is 17.9. The number of sulfonamides is 1. The second-order valence-electron chi connectivity index (χ2n) is 7.68. The first-order valence-corrected chi connectivity index (χ1v) is 11.8. The van der Waals surface area contributed by atoms with E-state index in [1.165, 1.54) is 30.9 Å². The highest BCUT2D eigenvalue weighted by molar-refractivity contribution is 7.92. The van der Waals surface area contributed by atoms with Crippen molar-refractivity contribution in [2.75, 3.05) is 31.6 Å². The number of hydrogen-bond acceptors (Lipinski definition) is 4. The van der Waals surface area contributed by atoms with Gasteiger partial charge in [0, 0.05) is 25.7 Å². The smallest absolute Gasteiger partial charge is 0.264 e. The maximum absolute atomic E-state index is 13.3. The van der Waals surface area contributed by atoms with Gasteiger partial charge in [-0.05, 0) is 49.6 Å². The van der Waals surface area contributed by atoms with Crippen LogP contribution in [0.4, 0.5) is 5.69 Å². The van der Waals surface area contributed by atoms with Crippen LogP contribution in [0.3, 0.4) is 0 Å². The van der Waals surface area contributed by atoms with Crippen molar-refractivity contribution in [3.8, 4) is 5.75 Å². The van der Waals surface area contributed by atoms with E-state index < -0.39 is 10.0 Å². The molecule has 1 fully saturated rings. The SMILES string of the molecule is COc1ccccc1N(C)S(=O)(=O)c1ccc(C)c(C(=O)N2CCCCCCC2)c1. The highest BCUT2D eigenvalue weighted by Gasteiger charge is 2.26. The number of likely N-dealkylation sites (tertiary alicyclic amines) is 1. The largest absolute Gasteiger partial charge is 0.495 e. The molecular formula is C23H30N2O4S. The number of ether oxygens (including phenoxy) is 1. The van der Waals surface area contributed by atoms with Gasteiger partial charge >= 0.3 is 0 Å². The molecule has 0 saturated carbocycles. The normalized spacial score (nSPS) is 15.2. The number of benzene rings is 2. The Morgan fingerprint density at radius 3 is 2.30 bits per heavy atom. The average Bonchev–Trinajstić information content (AvgIpc) is 2.72. The van der Waals surface area contributed by atoms with Crippen molar-refractivity contribution in [2.45, 2.75) is 43.9 Å². The van der Waals surface area contributed by atoms with E-state index in [4.69, 9.17) is 4.74 Å².